The van der Waals surface area contributed by atoms with Gasteiger partial charge in [0, 0.05) is 36.9 Å². The van der Waals surface area contributed by atoms with Crippen LogP contribution in [0.5, 0.6) is 0 Å². The molecule has 0 aromatic heterocycles. The molecule has 0 amide bonds. The molecule has 1 aromatic rings. The average molecular weight is 313 g/mol. The summed E-state index contributed by atoms with van der Waals surface area (Å²) >= 11 is 3.63. The van der Waals surface area contributed by atoms with Gasteiger partial charge in [0.05, 0.1) is 6.10 Å². The zero-order valence-corrected chi connectivity index (χ0v) is 12.7. The van der Waals surface area contributed by atoms with Crippen LogP contribution in [0.1, 0.15) is 18.4 Å². The van der Waals surface area contributed by atoms with Crippen molar-refractivity contribution < 1.29 is 4.74 Å². The van der Waals surface area contributed by atoms with Gasteiger partial charge in [0.25, 0.3) is 0 Å². The topological polar surface area (TPSA) is 24.5 Å². The van der Waals surface area contributed by atoms with Gasteiger partial charge in [-0.1, -0.05) is 22.0 Å². The van der Waals surface area contributed by atoms with Gasteiger partial charge in [0.1, 0.15) is 0 Å². The molecule has 1 unspecified atom stereocenters. The first-order valence-corrected chi connectivity index (χ1v) is 7.26. The molecule has 3 nitrogen and oxygen atoms in total. The van der Waals surface area contributed by atoms with Gasteiger partial charge in [0.15, 0.2) is 0 Å². The lowest BCUT2D eigenvalue weighted by molar-refractivity contribution is 0.116. The Labute approximate surface area is 118 Å². The number of hydrogen-bond donors (Lipinski definition) is 1. The molecule has 0 radical (unpaired) electrons. The second kappa shape index (κ2) is 6.55. The summed E-state index contributed by atoms with van der Waals surface area (Å²) in [5.74, 6) is 0. The third-order valence-electron chi connectivity index (χ3n) is 3.35. The molecular weight excluding hydrogens is 292 g/mol. The maximum atomic E-state index is 5.67. The fraction of sp³-hybridized carbons (Fsp3) is 0.571. The summed E-state index contributed by atoms with van der Waals surface area (Å²) in [6, 6.07) is 6.52. The van der Waals surface area contributed by atoms with Gasteiger partial charge in [-0.3, -0.25) is 0 Å². The summed E-state index contributed by atoms with van der Waals surface area (Å²) in [6.45, 7) is 2.78. The Morgan fingerprint density at radius 3 is 2.94 bits per heavy atom. The van der Waals surface area contributed by atoms with Crippen molar-refractivity contribution in [1.29, 1.82) is 0 Å². The van der Waals surface area contributed by atoms with Crippen LogP contribution in [0.25, 0.3) is 0 Å². The fourth-order valence-corrected chi connectivity index (χ4v) is 2.81. The summed E-state index contributed by atoms with van der Waals surface area (Å²) < 4.78 is 6.83. The summed E-state index contributed by atoms with van der Waals surface area (Å²) in [5.41, 5.74) is 2.52. The summed E-state index contributed by atoms with van der Waals surface area (Å²) in [4.78, 5) is 2.27. The van der Waals surface area contributed by atoms with Gasteiger partial charge >= 0.3 is 0 Å². The van der Waals surface area contributed by atoms with Crippen LogP contribution < -0.4 is 10.2 Å². The molecule has 1 atom stereocenters. The third-order valence-corrected chi connectivity index (χ3v) is 4.08. The van der Waals surface area contributed by atoms with Gasteiger partial charge in [-0.05, 0) is 37.6 Å². The first kappa shape index (κ1) is 13.8. The normalized spacial score (nSPS) is 19.2. The highest BCUT2D eigenvalue weighted by Crippen LogP contribution is 2.24. The van der Waals surface area contributed by atoms with E-state index < -0.39 is 0 Å². The first-order chi connectivity index (χ1) is 8.70. The molecule has 1 fully saturated rings. The Morgan fingerprint density at radius 1 is 1.50 bits per heavy atom. The average Bonchev–Trinajstić information content (AvgIpc) is 2.84. The van der Waals surface area contributed by atoms with E-state index in [9.17, 15) is 0 Å². The quantitative estimate of drug-likeness (QED) is 0.905. The maximum absolute atomic E-state index is 5.67. The van der Waals surface area contributed by atoms with Crippen molar-refractivity contribution in [3.8, 4) is 0 Å². The molecule has 4 heteroatoms. The lowest BCUT2D eigenvalue weighted by Gasteiger charge is -2.23. The van der Waals surface area contributed by atoms with Gasteiger partial charge in [-0.25, -0.2) is 0 Å². The predicted octanol–water partition coefficient (Wildman–Crippen LogP) is 2.78. The highest BCUT2D eigenvalue weighted by molar-refractivity contribution is 9.10. The largest absolute Gasteiger partial charge is 0.376 e. The zero-order chi connectivity index (χ0) is 13.0. The van der Waals surface area contributed by atoms with E-state index in [1.54, 1.807) is 0 Å². The molecule has 2 rings (SSSR count). The SMILES string of the molecule is CNCc1ccc(N(C)CC2CCCO2)cc1Br. The minimum Gasteiger partial charge on any atom is -0.376 e. The molecule has 1 saturated heterocycles. The minimum atomic E-state index is 0.394. The first-order valence-electron chi connectivity index (χ1n) is 6.46. The molecule has 1 heterocycles. The lowest BCUT2D eigenvalue weighted by Crippen LogP contribution is -2.28. The molecule has 1 N–H and O–H groups in total. The van der Waals surface area contributed by atoms with Crippen LogP contribution >= 0.6 is 15.9 Å². The molecule has 1 aliphatic rings. The van der Waals surface area contributed by atoms with E-state index in [0.29, 0.717) is 6.10 Å². The fourth-order valence-electron chi connectivity index (χ4n) is 2.31. The van der Waals surface area contributed by atoms with Crippen molar-refractivity contribution in [2.75, 3.05) is 32.1 Å². The Kier molecular flexibility index (Phi) is 5.03. The zero-order valence-electron chi connectivity index (χ0n) is 11.1. The number of benzene rings is 1. The number of nitrogens with zero attached hydrogens (tertiary/aromatic N) is 1. The van der Waals surface area contributed by atoms with Crippen molar-refractivity contribution in [1.82, 2.24) is 5.32 Å². The van der Waals surface area contributed by atoms with E-state index in [0.717, 1.165) is 24.2 Å². The Hall–Kier alpha value is -0.580. The number of nitrogens with one attached hydrogen (secondary N) is 1. The van der Waals surface area contributed by atoms with E-state index in [1.165, 1.54) is 24.1 Å². The molecule has 0 spiro atoms. The van der Waals surface area contributed by atoms with E-state index >= 15 is 0 Å². The van der Waals surface area contributed by atoms with E-state index in [-0.39, 0.29) is 0 Å². The number of hydrogen-bond acceptors (Lipinski definition) is 3. The Balaban J connectivity index is 2.01. The van der Waals surface area contributed by atoms with Crippen LogP contribution in [-0.4, -0.2) is 33.4 Å². The molecule has 18 heavy (non-hydrogen) atoms. The molecule has 0 saturated carbocycles. The van der Waals surface area contributed by atoms with Crippen LogP contribution in [0.3, 0.4) is 0 Å². The van der Waals surface area contributed by atoms with Crippen LogP contribution in [0.15, 0.2) is 22.7 Å². The van der Waals surface area contributed by atoms with Gasteiger partial charge in [0.2, 0.25) is 0 Å². The second-order valence-corrected chi connectivity index (χ2v) is 5.68. The molecule has 1 aliphatic heterocycles. The monoisotopic (exact) mass is 312 g/mol. The molecule has 100 valence electrons. The highest BCUT2D eigenvalue weighted by Gasteiger charge is 2.17. The van der Waals surface area contributed by atoms with E-state index in [4.69, 9.17) is 4.74 Å². The standard InChI is InChI=1S/C14H21BrN2O/c1-16-9-11-5-6-12(8-14(11)15)17(2)10-13-4-3-7-18-13/h5-6,8,13,16H,3-4,7,9-10H2,1-2H3. The van der Waals surface area contributed by atoms with E-state index in [1.807, 2.05) is 7.05 Å². The van der Waals surface area contributed by atoms with Gasteiger partial charge in [-0.15, -0.1) is 0 Å². The number of ether oxygens (including phenoxy) is 1. The predicted molar refractivity (Wildman–Crippen MR) is 79.1 cm³/mol. The van der Waals surface area contributed by atoms with Gasteiger partial charge < -0.3 is 15.0 Å². The summed E-state index contributed by atoms with van der Waals surface area (Å²) in [6.07, 6.45) is 2.78. The van der Waals surface area contributed by atoms with E-state index in [2.05, 4.69) is 51.4 Å². The number of likely N-dealkylation sites (N-methyl/N-ethyl adjacent to an activating group) is 1. The maximum Gasteiger partial charge on any atom is 0.0750 e. The van der Waals surface area contributed by atoms with Crippen LogP contribution in [0.4, 0.5) is 5.69 Å². The molecule has 0 aliphatic carbocycles. The smallest absolute Gasteiger partial charge is 0.0750 e. The van der Waals surface area contributed by atoms with Crippen molar-refractivity contribution in [2.45, 2.75) is 25.5 Å². The summed E-state index contributed by atoms with van der Waals surface area (Å²) in [5, 5.41) is 3.17. The van der Waals surface area contributed by atoms with Crippen LogP contribution in [0, 0.1) is 0 Å². The minimum absolute atomic E-state index is 0.394. The van der Waals surface area contributed by atoms with Crippen molar-refractivity contribution in [2.24, 2.45) is 0 Å². The molecule has 1 aromatic carbocycles. The molecule has 0 bridgehead atoms. The Bertz CT molecular complexity index is 391. The Morgan fingerprint density at radius 2 is 2.33 bits per heavy atom. The van der Waals surface area contributed by atoms with Crippen molar-refractivity contribution in [3.63, 3.8) is 0 Å². The van der Waals surface area contributed by atoms with Crippen molar-refractivity contribution >= 4 is 21.6 Å². The second-order valence-electron chi connectivity index (χ2n) is 4.82. The van der Waals surface area contributed by atoms with Crippen LogP contribution in [0.2, 0.25) is 0 Å². The highest BCUT2D eigenvalue weighted by atomic mass is 79.9. The van der Waals surface area contributed by atoms with Gasteiger partial charge in [-0.2, -0.15) is 0 Å². The number of rotatable bonds is 5. The van der Waals surface area contributed by atoms with Crippen LogP contribution in [-0.2, 0) is 11.3 Å². The third kappa shape index (κ3) is 3.46. The number of halogens is 1. The summed E-state index contributed by atoms with van der Waals surface area (Å²) in [7, 11) is 4.09. The number of anilines is 1. The van der Waals surface area contributed by atoms with Crippen molar-refractivity contribution in [3.05, 3.63) is 28.2 Å². The lowest BCUT2D eigenvalue weighted by atomic mass is 10.1. The molecular formula is C14H21BrN2O.